The highest BCUT2D eigenvalue weighted by Gasteiger charge is 2.10. The molecule has 2 rings (SSSR count). The minimum atomic E-state index is -0.844. The second kappa shape index (κ2) is 10.8. The van der Waals surface area contributed by atoms with Gasteiger partial charge >= 0.3 is 11.8 Å². The van der Waals surface area contributed by atoms with Gasteiger partial charge in [0.15, 0.2) is 6.61 Å². The van der Waals surface area contributed by atoms with E-state index in [4.69, 9.17) is 16.3 Å². The number of carbonyl (C=O) groups excluding carboxylic acids is 3. The molecule has 152 valence electrons. The minimum absolute atomic E-state index is 0.165. The Kier molecular flexibility index (Phi) is 8.17. The maximum Gasteiger partial charge on any atom is 0.329 e. The third-order valence-corrected chi connectivity index (χ3v) is 4.04. The summed E-state index contributed by atoms with van der Waals surface area (Å²) in [7, 11) is 0. The van der Waals surface area contributed by atoms with E-state index in [0.29, 0.717) is 28.6 Å². The number of nitrogens with one attached hydrogen (secondary N) is 3. The number of likely N-dealkylation sites (N-methyl/N-ethyl adjacent to an activating group) is 1. The zero-order valence-corrected chi connectivity index (χ0v) is 16.7. The molecule has 3 amide bonds. The fraction of sp³-hybridized carbons (Fsp3) is 0.200. The summed E-state index contributed by atoms with van der Waals surface area (Å²) >= 11 is 6.03. The standard InChI is InChI=1S/C20H21ClN4O4/c1-3-22-19(27)20(28)25-23-11-14-5-8-16(9-6-14)29-12-18(26)24-15-7-4-13(2)17(21)10-15/h4-11H,3,12H2,1-2H3,(H,22,27)(H,24,26)(H,25,28)/b23-11-. The molecule has 3 N–H and O–H groups in total. The van der Waals surface area contributed by atoms with Crippen molar-refractivity contribution >= 4 is 41.2 Å². The lowest BCUT2D eigenvalue weighted by molar-refractivity contribution is -0.139. The van der Waals surface area contributed by atoms with Crippen molar-refractivity contribution in [1.29, 1.82) is 0 Å². The summed E-state index contributed by atoms with van der Waals surface area (Å²) < 4.78 is 5.44. The van der Waals surface area contributed by atoms with Crippen LogP contribution in [-0.4, -0.2) is 37.1 Å². The van der Waals surface area contributed by atoms with Gasteiger partial charge in [-0.2, -0.15) is 5.10 Å². The molecule has 0 aliphatic heterocycles. The third kappa shape index (κ3) is 7.27. The van der Waals surface area contributed by atoms with Gasteiger partial charge in [-0.15, -0.1) is 0 Å². The van der Waals surface area contributed by atoms with Crippen molar-refractivity contribution in [3.8, 4) is 5.75 Å². The van der Waals surface area contributed by atoms with Crippen LogP contribution in [0.2, 0.25) is 5.02 Å². The zero-order chi connectivity index (χ0) is 21.2. The van der Waals surface area contributed by atoms with E-state index < -0.39 is 11.8 Å². The molecule has 0 aliphatic carbocycles. The topological polar surface area (TPSA) is 109 Å². The summed E-state index contributed by atoms with van der Waals surface area (Å²) in [4.78, 5) is 34.6. The molecular formula is C20H21ClN4O4. The second-order valence-corrected chi connectivity index (χ2v) is 6.34. The highest BCUT2D eigenvalue weighted by Crippen LogP contribution is 2.20. The Hall–Kier alpha value is -3.39. The summed E-state index contributed by atoms with van der Waals surface area (Å²) in [6, 6.07) is 11.9. The molecule has 0 bridgehead atoms. The van der Waals surface area contributed by atoms with Crippen LogP contribution < -0.4 is 20.8 Å². The first-order valence-electron chi connectivity index (χ1n) is 8.79. The van der Waals surface area contributed by atoms with Crippen LogP contribution in [0.5, 0.6) is 5.75 Å². The predicted molar refractivity (Wildman–Crippen MR) is 111 cm³/mol. The molecule has 2 aromatic carbocycles. The lowest BCUT2D eigenvalue weighted by Crippen LogP contribution is -2.37. The number of rotatable bonds is 7. The number of amides is 3. The molecule has 0 unspecified atom stereocenters. The third-order valence-electron chi connectivity index (χ3n) is 3.63. The van der Waals surface area contributed by atoms with Gasteiger partial charge in [-0.05, 0) is 61.4 Å². The number of halogens is 1. The summed E-state index contributed by atoms with van der Waals surface area (Å²) in [5, 5.41) is 9.35. The minimum Gasteiger partial charge on any atom is -0.484 e. The van der Waals surface area contributed by atoms with Crippen LogP contribution in [0.4, 0.5) is 5.69 Å². The van der Waals surface area contributed by atoms with Gasteiger partial charge in [0.2, 0.25) is 0 Å². The molecule has 0 heterocycles. The first kappa shape index (κ1) is 21.9. The number of ether oxygens (including phenoxy) is 1. The molecule has 2 aromatic rings. The summed E-state index contributed by atoms with van der Waals surface area (Å²) in [5.74, 6) is -1.42. The van der Waals surface area contributed by atoms with Gasteiger partial charge < -0.3 is 15.4 Å². The first-order valence-corrected chi connectivity index (χ1v) is 9.17. The van der Waals surface area contributed by atoms with E-state index in [9.17, 15) is 14.4 Å². The molecule has 0 aromatic heterocycles. The predicted octanol–water partition coefficient (Wildman–Crippen LogP) is 2.25. The van der Waals surface area contributed by atoms with Gasteiger partial charge in [0.05, 0.1) is 6.21 Å². The van der Waals surface area contributed by atoms with Gasteiger partial charge in [-0.25, -0.2) is 5.43 Å². The Bertz CT molecular complexity index is 913. The van der Waals surface area contributed by atoms with E-state index in [0.717, 1.165) is 5.56 Å². The van der Waals surface area contributed by atoms with Crippen molar-refractivity contribution in [2.45, 2.75) is 13.8 Å². The van der Waals surface area contributed by atoms with Crippen LogP contribution in [0, 0.1) is 6.92 Å². The fourth-order valence-electron chi connectivity index (χ4n) is 2.12. The van der Waals surface area contributed by atoms with Crippen molar-refractivity contribution in [2.75, 3.05) is 18.5 Å². The average molecular weight is 417 g/mol. The average Bonchev–Trinajstić information content (AvgIpc) is 2.70. The van der Waals surface area contributed by atoms with Crippen LogP contribution in [0.3, 0.4) is 0 Å². The Morgan fingerprint density at radius 3 is 2.48 bits per heavy atom. The monoisotopic (exact) mass is 416 g/mol. The lowest BCUT2D eigenvalue weighted by atomic mass is 10.2. The molecule has 0 spiro atoms. The smallest absolute Gasteiger partial charge is 0.329 e. The SMILES string of the molecule is CCNC(=O)C(=O)N/N=C\c1ccc(OCC(=O)Nc2ccc(C)c(Cl)c2)cc1. The molecule has 8 nitrogen and oxygen atoms in total. The number of nitrogens with zero attached hydrogens (tertiary/aromatic N) is 1. The second-order valence-electron chi connectivity index (χ2n) is 5.93. The van der Waals surface area contributed by atoms with Crippen molar-refractivity contribution in [3.05, 3.63) is 58.6 Å². The van der Waals surface area contributed by atoms with E-state index >= 15 is 0 Å². The number of hydrogen-bond donors (Lipinski definition) is 3. The number of hydrazone groups is 1. The first-order chi connectivity index (χ1) is 13.9. The lowest BCUT2D eigenvalue weighted by Gasteiger charge is -2.08. The van der Waals surface area contributed by atoms with Crippen LogP contribution in [0.1, 0.15) is 18.1 Å². The summed E-state index contributed by atoms with van der Waals surface area (Å²) in [6.45, 7) is 3.78. The van der Waals surface area contributed by atoms with E-state index in [-0.39, 0.29) is 12.5 Å². The molecule has 29 heavy (non-hydrogen) atoms. The highest BCUT2D eigenvalue weighted by atomic mass is 35.5. The van der Waals surface area contributed by atoms with Crippen molar-refractivity contribution < 1.29 is 19.1 Å². The zero-order valence-electron chi connectivity index (χ0n) is 16.0. The molecular weight excluding hydrogens is 396 g/mol. The maximum atomic E-state index is 12.0. The van der Waals surface area contributed by atoms with Crippen molar-refractivity contribution in [2.24, 2.45) is 5.10 Å². The number of anilines is 1. The Morgan fingerprint density at radius 2 is 1.83 bits per heavy atom. The molecule has 0 atom stereocenters. The Morgan fingerprint density at radius 1 is 1.10 bits per heavy atom. The largest absolute Gasteiger partial charge is 0.484 e. The normalized spacial score (nSPS) is 10.4. The summed E-state index contributed by atoms with van der Waals surface area (Å²) in [5.41, 5.74) is 4.32. The Balaban J connectivity index is 1.80. The molecule has 0 aliphatic rings. The molecule has 0 saturated carbocycles. The maximum absolute atomic E-state index is 12.0. The number of aryl methyl sites for hydroxylation is 1. The van der Waals surface area contributed by atoms with Crippen molar-refractivity contribution in [1.82, 2.24) is 10.7 Å². The fourth-order valence-corrected chi connectivity index (χ4v) is 2.30. The molecule has 0 saturated heterocycles. The van der Waals surface area contributed by atoms with E-state index in [2.05, 4.69) is 21.2 Å². The molecule has 0 fully saturated rings. The van der Waals surface area contributed by atoms with E-state index in [1.54, 1.807) is 43.3 Å². The van der Waals surface area contributed by atoms with Gasteiger partial charge in [0.25, 0.3) is 5.91 Å². The quantitative estimate of drug-likeness (QED) is 0.365. The van der Waals surface area contributed by atoms with Gasteiger partial charge in [-0.3, -0.25) is 14.4 Å². The highest BCUT2D eigenvalue weighted by molar-refractivity contribution is 6.35. The summed E-state index contributed by atoms with van der Waals surface area (Å²) in [6.07, 6.45) is 1.38. The number of benzene rings is 2. The van der Waals surface area contributed by atoms with E-state index in [1.165, 1.54) is 6.21 Å². The number of carbonyl (C=O) groups is 3. The van der Waals surface area contributed by atoms with Crippen LogP contribution in [-0.2, 0) is 14.4 Å². The van der Waals surface area contributed by atoms with Crippen LogP contribution >= 0.6 is 11.6 Å². The van der Waals surface area contributed by atoms with Crippen LogP contribution in [0.25, 0.3) is 0 Å². The molecule has 0 radical (unpaired) electrons. The Labute approximate surface area is 173 Å². The van der Waals surface area contributed by atoms with Gasteiger partial charge in [0, 0.05) is 17.3 Å². The van der Waals surface area contributed by atoms with Crippen molar-refractivity contribution in [3.63, 3.8) is 0 Å². The van der Waals surface area contributed by atoms with Gasteiger partial charge in [-0.1, -0.05) is 17.7 Å². The van der Waals surface area contributed by atoms with Gasteiger partial charge in [0.1, 0.15) is 5.75 Å². The molecule has 9 heteroatoms. The number of hydrogen-bond acceptors (Lipinski definition) is 5. The van der Waals surface area contributed by atoms with Crippen LogP contribution in [0.15, 0.2) is 47.6 Å². The van der Waals surface area contributed by atoms with E-state index in [1.807, 2.05) is 13.0 Å².